The zero-order valence-electron chi connectivity index (χ0n) is 16.9. The van der Waals surface area contributed by atoms with Crippen LogP contribution < -0.4 is 5.32 Å². The van der Waals surface area contributed by atoms with Gasteiger partial charge in [0.25, 0.3) is 0 Å². The number of anilines is 1. The molecule has 1 amide bonds. The number of hydrogen-bond donors (Lipinski definition) is 1. The Hall–Kier alpha value is -2.40. The minimum absolute atomic E-state index is 0.0551. The Kier molecular flexibility index (Phi) is 5.48. The van der Waals surface area contributed by atoms with Crippen molar-refractivity contribution >= 4 is 34.4 Å². The average Bonchev–Trinajstić information content (AvgIpc) is 2.85. The molecule has 0 spiro atoms. The second-order valence-corrected chi connectivity index (χ2v) is 8.92. The first-order valence-electron chi connectivity index (χ1n) is 9.24. The maximum absolute atomic E-state index is 14.1. The lowest BCUT2D eigenvalue weighted by Crippen LogP contribution is -2.20. The van der Waals surface area contributed by atoms with E-state index in [9.17, 15) is 9.18 Å². The number of fused-ring (bicyclic) bond motifs is 1. The number of benzene rings is 1. The summed E-state index contributed by atoms with van der Waals surface area (Å²) in [7, 11) is 0. The largest absolute Gasteiger partial charge is 0.341 e. The number of amides is 1. The first-order valence-corrected chi connectivity index (χ1v) is 9.62. The minimum Gasteiger partial charge on any atom is -0.341 e. The molecule has 0 aliphatic carbocycles. The third-order valence-corrected chi connectivity index (χ3v) is 4.76. The predicted octanol–water partition coefficient (Wildman–Crippen LogP) is 5.87. The van der Waals surface area contributed by atoms with E-state index in [0.29, 0.717) is 29.4 Å². The van der Waals surface area contributed by atoms with E-state index in [1.807, 2.05) is 51.4 Å². The van der Waals surface area contributed by atoms with Gasteiger partial charge in [-0.05, 0) is 54.7 Å². The van der Waals surface area contributed by atoms with Gasteiger partial charge in [-0.1, -0.05) is 32.4 Å². The molecule has 6 heteroatoms. The van der Waals surface area contributed by atoms with E-state index in [1.54, 1.807) is 6.07 Å². The Bertz CT molecular complexity index is 1050. The van der Waals surface area contributed by atoms with Crippen LogP contribution >= 0.6 is 11.6 Å². The highest BCUT2D eigenvalue weighted by atomic mass is 35.5. The SMILES string of the molecule is Cc1cc2c(nc1NC(=O)CC(C)(C)C)c(C)cn2Cc1cc(Cl)ccc1F. The monoisotopic (exact) mass is 401 g/mol. The fourth-order valence-electron chi connectivity index (χ4n) is 3.24. The highest BCUT2D eigenvalue weighted by Gasteiger charge is 2.18. The molecule has 148 valence electrons. The highest BCUT2D eigenvalue weighted by Crippen LogP contribution is 2.27. The molecule has 0 aliphatic rings. The van der Waals surface area contributed by atoms with Crippen molar-refractivity contribution in [2.45, 2.75) is 47.6 Å². The maximum atomic E-state index is 14.1. The van der Waals surface area contributed by atoms with E-state index in [2.05, 4.69) is 10.3 Å². The highest BCUT2D eigenvalue weighted by molar-refractivity contribution is 6.30. The summed E-state index contributed by atoms with van der Waals surface area (Å²) in [6.45, 7) is 10.3. The number of nitrogens with one attached hydrogen (secondary N) is 1. The van der Waals surface area contributed by atoms with E-state index < -0.39 is 0 Å². The molecule has 3 aromatic rings. The second kappa shape index (κ2) is 7.55. The fourth-order valence-corrected chi connectivity index (χ4v) is 3.43. The molecule has 2 heterocycles. The molecule has 0 saturated heterocycles. The number of hydrogen-bond acceptors (Lipinski definition) is 2. The van der Waals surface area contributed by atoms with Gasteiger partial charge in [-0.3, -0.25) is 4.79 Å². The molecule has 1 aromatic carbocycles. The molecule has 0 saturated carbocycles. The van der Waals surface area contributed by atoms with Crippen molar-refractivity contribution in [1.29, 1.82) is 0 Å². The van der Waals surface area contributed by atoms with Gasteiger partial charge in [-0.2, -0.15) is 0 Å². The normalized spacial score (nSPS) is 11.8. The molecule has 2 aromatic heterocycles. The van der Waals surface area contributed by atoms with Crippen LogP contribution in [0.1, 0.15) is 43.9 Å². The molecule has 0 aliphatic heterocycles. The van der Waals surface area contributed by atoms with Crippen molar-refractivity contribution in [3.05, 3.63) is 58.0 Å². The average molecular weight is 402 g/mol. The molecular formula is C22H25ClFN3O. The summed E-state index contributed by atoms with van der Waals surface area (Å²) >= 11 is 6.02. The van der Waals surface area contributed by atoms with Gasteiger partial charge in [-0.15, -0.1) is 0 Å². The standard InChI is InChI=1S/C22H25ClFN3O/c1-13-8-18-20(26-21(13)25-19(28)10-22(3,4)5)14(2)11-27(18)12-15-9-16(23)6-7-17(15)24/h6-9,11H,10,12H2,1-5H3,(H,25,26,28). The third-order valence-electron chi connectivity index (χ3n) is 4.52. The summed E-state index contributed by atoms with van der Waals surface area (Å²) in [4.78, 5) is 17.0. The summed E-state index contributed by atoms with van der Waals surface area (Å²) in [5.41, 5.74) is 3.93. The number of halogens is 2. The fraction of sp³-hybridized carbons (Fsp3) is 0.364. The number of pyridine rings is 1. The summed E-state index contributed by atoms with van der Waals surface area (Å²) in [6, 6.07) is 6.53. The lowest BCUT2D eigenvalue weighted by Gasteiger charge is -2.17. The van der Waals surface area contributed by atoms with E-state index in [0.717, 1.165) is 22.2 Å². The summed E-state index contributed by atoms with van der Waals surface area (Å²) in [5, 5.41) is 3.43. The molecule has 0 radical (unpaired) electrons. The number of rotatable bonds is 4. The van der Waals surface area contributed by atoms with Crippen LogP contribution in [0.5, 0.6) is 0 Å². The van der Waals surface area contributed by atoms with Crippen molar-refractivity contribution in [2.75, 3.05) is 5.32 Å². The molecule has 0 fully saturated rings. The number of nitrogens with zero attached hydrogens (tertiary/aromatic N) is 2. The summed E-state index contributed by atoms with van der Waals surface area (Å²) in [5.74, 6) is 0.219. The van der Waals surface area contributed by atoms with Crippen LogP contribution in [0.2, 0.25) is 5.02 Å². The molecule has 0 bridgehead atoms. The molecular weight excluding hydrogens is 377 g/mol. The van der Waals surface area contributed by atoms with Crippen molar-refractivity contribution < 1.29 is 9.18 Å². The van der Waals surface area contributed by atoms with Crippen LogP contribution in [0, 0.1) is 25.1 Å². The van der Waals surface area contributed by atoms with E-state index in [4.69, 9.17) is 11.6 Å². The van der Waals surface area contributed by atoms with E-state index >= 15 is 0 Å². The summed E-state index contributed by atoms with van der Waals surface area (Å²) in [6.07, 6.45) is 2.36. The van der Waals surface area contributed by atoms with Crippen LogP contribution in [0.15, 0.2) is 30.5 Å². The van der Waals surface area contributed by atoms with Crippen molar-refractivity contribution in [1.82, 2.24) is 9.55 Å². The first kappa shape index (κ1) is 20.3. The number of aromatic nitrogens is 2. The Morgan fingerprint density at radius 3 is 2.61 bits per heavy atom. The van der Waals surface area contributed by atoms with Gasteiger partial charge in [-0.25, -0.2) is 9.37 Å². The molecule has 3 rings (SSSR count). The third kappa shape index (κ3) is 4.53. The first-order chi connectivity index (χ1) is 13.0. The van der Waals surface area contributed by atoms with Crippen LogP contribution in [-0.2, 0) is 11.3 Å². The van der Waals surface area contributed by atoms with Gasteiger partial charge in [0.1, 0.15) is 11.6 Å². The van der Waals surface area contributed by atoms with Crippen molar-refractivity contribution in [3.63, 3.8) is 0 Å². The topological polar surface area (TPSA) is 46.9 Å². The lowest BCUT2D eigenvalue weighted by atomic mass is 9.92. The molecule has 4 nitrogen and oxygen atoms in total. The van der Waals surface area contributed by atoms with Gasteiger partial charge in [0.2, 0.25) is 5.91 Å². The number of carbonyl (C=O) groups is 1. The summed E-state index contributed by atoms with van der Waals surface area (Å²) < 4.78 is 16.1. The van der Waals surface area contributed by atoms with Crippen molar-refractivity contribution in [2.24, 2.45) is 5.41 Å². The van der Waals surface area contributed by atoms with Gasteiger partial charge >= 0.3 is 0 Å². The van der Waals surface area contributed by atoms with Crippen LogP contribution in [-0.4, -0.2) is 15.5 Å². The van der Waals surface area contributed by atoms with Gasteiger partial charge in [0, 0.05) is 23.2 Å². The molecule has 0 unspecified atom stereocenters. The Labute approximate surface area is 169 Å². The Morgan fingerprint density at radius 1 is 1.21 bits per heavy atom. The number of aryl methyl sites for hydroxylation is 2. The number of carbonyl (C=O) groups excluding carboxylic acids is 1. The van der Waals surface area contributed by atoms with Crippen LogP contribution in [0.4, 0.5) is 10.2 Å². The van der Waals surface area contributed by atoms with Crippen molar-refractivity contribution in [3.8, 4) is 0 Å². The van der Waals surface area contributed by atoms with Gasteiger partial charge in [0.15, 0.2) is 0 Å². The maximum Gasteiger partial charge on any atom is 0.226 e. The van der Waals surface area contributed by atoms with Gasteiger partial charge < -0.3 is 9.88 Å². The zero-order valence-corrected chi connectivity index (χ0v) is 17.6. The zero-order chi connectivity index (χ0) is 20.6. The predicted molar refractivity (Wildman–Crippen MR) is 112 cm³/mol. The lowest BCUT2D eigenvalue weighted by molar-refractivity contribution is -0.117. The molecule has 1 N–H and O–H groups in total. The molecule has 0 atom stereocenters. The Balaban J connectivity index is 1.95. The van der Waals surface area contributed by atoms with Gasteiger partial charge in [0.05, 0.1) is 17.6 Å². The molecule has 28 heavy (non-hydrogen) atoms. The van der Waals surface area contributed by atoms with E-state index in [1.165, 1.54) is 12.1 Å². The Morgan fingerprint density at radius 2 is 1.93 bits per heavy atom. The van der Waals surface area contributed by atoms with Crippen LogP contribution in [0.3, 0.4) is 0 Å². The minimum atomic E-state index is -0.292. The second-order valence-electron chi connectivity index (χ2n) is 8.48. The van der Waals surface area contributed by atoms with Crippen LogP contribution in [0.25, 0.3) is 11.0 Å². The quantitative estimate of drug-likeness (QED) is 0.594. The van der Waals surface area contributed by atoms with E-state index in [-0.39, 0.29) is 17.1 Å². The smallest absolute Gasteiger partial charge is 0.226 e.